The Morgan fingerprint density at radius 2 is 1.86 bits per heavy atom. The van der Waals surface area contributed by atoms with Crippen molar-refractivity contribution in [3.05, 3.63) is 53.6 Å². The van der Waals surface area contributed by atoms with Crippen molar-refractivity contribution >= 4 is 23.3 Å². The van der Waals surface area contributed by atoms with Crippen molar-refractivity contribution < 1.29 is 28.6 Å². The zero-order valence-electron chi connectivity index (χ0n) is 15.7. The molecular formula is C20H20N2O6. The van der Waals surface area contributed by atoms with Crippen molar-refractivity contribution in [2.75, 3.05) is 26.6 Å². The molecule has 2 aromatic rings. The molecule has 8 nitrogen and oxygen atoms in total. The lowest BCUT2D eigenvalue weighted by atomic mass is 10.0. The fourth-order valence-electron chi connectivity index (χ4n) is 2.88. The molecule has 0 aliphatic carbocycles. The lowest BCUT2D eigenvalue weighted by Crippen LogP contribution is -2.28. The molecule has 0 aromatic heterocycles. The van der Waals surface area contributed by atoms with Gasteiger partial charge < -0.3 is 24.4 Å². The van der Waals surface area contributed by atoms with Gasteiger partial charge in [-0.3, -0.25) is 4.79 Å². The molecule has 1 amide bonds. The summed E-state index contributed by atoms with van der Waals surface area (Å²) in [7, 11) is 4.36. The molecule has 0 saturated carbocycles. The fraction of sp³-hybridized carbons (Fsp3) is 0.250. The molecule has 0 spiro atoms. The van der Waals surface area contributed by atoms with E-state index in [-0.39, 0.29) is 12.0 Å². The highest BCUT2D eigenvalue weighted by molar-refractivity contribution is 6.09. The molecule has 28 heavy (non-hydrogen) atoms. The van der Waals surface area contributed by atoms with Crippen LogP contribution in [0.15, 0.2) is 47.6 Å². The first-order valence-electron chi connectivity index (χ1n) is 8.51. The van der Waals surface area contributed by atoms with E-state index in [9.17, 15) is 9.59 Å². The predicted octanol–water partition coefficient (Wildman–Crippen LogP) is 2.62. The van der Waals surface area contributed by atoms with Crippen LogP contribution in [0.4, 0.5) is 5.69 Å². The van der Waals surface area contributed by atoms with Crippen molar-refractivity contribution in [3.8, 4) is 11.5 Å². The number of carbonyl (C=O) groups excluding carboxylic acids is 2. The van der Waals surface area contributed by atoms with Crippen LogP contribution in [-0.2, 0) is 14.4 Å². The van der Waals surface area contributed by atoms with Gasteiger partial charge in [-0.25, -0.2) is 4.79 Å². The van der Waals surface area contributed by atoms with Gasteiger partial charge in [0.2, 0.25) is 6.10 Å². The summed E-state index contributed by atoms with van der Waals surface area (Å²) in [4.78, 5) is 29.8. The largest absolute Gasteiger partial charge is 0.493 e. The van der Waals surface area contributed by atoms with E-state index in [1.807, 2.05) is 6.07 Å². The Bertz CT molecular complexity index is 925. The number of hydrogen-bond acceptors (Lipinski definition) is 7. The van der Waals surface area contributed by atoms with Gasteiger partial charge in [0.1, 0.15) is 0 Å². The summed E-state index contributed by atoms with van der Waals surface area (Å²) < 4.78 is 15.4. The van der Waals surface area contributed by atoms with Crippen molar-refractivity contribution in [3.63, 3.8) is 0 Å². The first-order chi connectivity index (χ1) is 13.6. The molecule has 8 heteroatoms. The van der Waals surface area contributed by atoms with E-state index in [1.165, 1.54) is 14.2 Å². The van der Waals surface area contributed by atoms with Crippen LogP contribution in [0.1, 0.15) is 22.3 Å². The SMILES string of the molecule is COC(=O)c1ccccc1NC(=O)[C@@H]1CC(c2cccc(OC)c2OC)=NO1. The topological polar surface area (TPSA) is 95.5 Å². The summed E-state index contributed by atoms with van der Waals surface area (Å²) in [5.74, 6) is 0.116. The minimum absolute atomic E-state index is 0.246. The molecule has 0 bridgehead atoms. The Morgan fingerprint density at radius 1 is 1.07 bits per heavy atom. The zero-order valence-corrected chi connectivity index (χ0v) is 15.7. The molecule has 1 aliphatic heterocycles. The van der Waals surface area contributed by atoms with Gasteiger partial charge in [0.15, 0.2) is 11.5 Å². The number of anilines is 1. The van der Waals surface area contributed by atoms with Gasteiger partial charge in [-0.15, -0.1) is 0 Å². The van der Waals surface area contributed by atoms with Gasteiger partial charge in [-0.05, 0) is 24.3 Å². The first-order valence-corrected chi connectivity index (χ1v) is 8.51. The van der Waals surface area contributed by atoms with Crippen LogP contribution >= 0.6 is 0 Å². The van der Waals surface area contributed by atoms with Gasteiger partial charge in [-0.1, -0.05) is 23.4 Å². The lowest BCUT2D eigenvalue weighted by Gasteiger charge is -2.13. The molecule has 1 N–H and O–H groups in total. The number of esters is 1. The quantitative estimate of drug-likeness (QED) is 0.770. The lowest BCUT2D eigenvalue weighted by molar-refractivity contribution is -0.125. The summed E-state index contributed by atoms with van der Waals surface area (Å²) >= 11 is 0. The van der Waals surface area contributed by atoms with Crippen LogP contribution in [0.5, 0.6) is 11.5 Å². The van der Waals surface area contributed by atoms with Crippen LogP contribution in [0.3, 0.4) is 0 Å². The number of ether oxygens (including phenoxy) is 3. The molecule has 0 fully saturated rings. The number of benzene rings is 2. The molecule has 3 rings (SSSR count). The summed E-state index contributed by atoms with van der Waals surface area (Å²) in [5, 5.41) is 6.73. The number of rotatable bonds is 6. The van der Waals surface area contributed by atoms with E-state index in [1.54, 1.807) is 43.5 Å². The highest BCUT2D eigenvalue weighted by Gasteiger charge is 2.31. The number of nitrogens with one attached hydrogen (secondary N) is 1. The Balaban J connectivity index is 1.74. The molecule has 1 heterocycles. The fourth-order valence-corrected chi connectivity index (χ4v) is 2.88. The maximum absolute atomic E-state index is 12.6. The van der Waals surface area contributed by atoms with Crippen molar-refractivity contribution in [1.82, 2.24) is 0 Å². The Morgan fingerprint density at radius 3 is 2.57 bits per heavy atom. The Labute approximate surface area is 162 Å². The average molecular weight is 384 g/mol. The number of amides is 1. The van der Waals surface area contributed by atoms with E-state index in [2.05, 4.69) is 10.5 Å². The smallest absolute Gasteiger partial charge is 0.339 e. The van der Waals surface area contributed by atoms with Gasteiger partial charge >= 0.3 is 5.97 Å². The van der Waals surface area contributed by atoms with Crippen LogP contribution in [-0.4, -0.2) is 45.0 Å². The zero-order chi connectivity index (χ0) is 20.1. The van der Waals surface area contributed by atoms with E-state index < -0.39 is 18.0 Å². The second-order valence-corrected chi connectivity index (χ2v) is 5.90. The van der Waals surface area contributed by atoms with Gasteiger partial charge in [0.25, 0.3) is 5.91 Å². The highest BCUT2D eigenvalue weighted by atomic mass is 16.6. The number of para-hydroxylation sites is 2. The molecule has 1 atom stereocenters. The third-order valence-corrected chi connectivity index (χ3v) is 4.27. The van der Waals surface area contributed by atoms with Gasteiger partial charge in [-0.2, -0.15) is 0 Å². The van der Waals surface area contributed by atoms with Crippen LogP contribution in [0.2, 0.25) is 0 Å². The second kappa shape index (κ2) is 8.43. The standard InChI is InChI=1S/C20H20N2O6/c1-25-16-10-6-8-12(18(16)26-2)15-11-17(28-22-15)19(23)21-14-9-5-4-7-13(14)20(24)27-3/h4-10,17H,11H2,1-3H3,(H,21,23)/t17-/m0/s1. The number of carbonyl (C=O) groups is 2. The van der Waals surface area contributed by atoms with Crippen LogP contribution in [0.25, 0.3) is 0 Å². The number of oxime groups is 1. The van der Waals surface area contributed by atoms with Crippen molar-refractivity contribution in [2.24, 2.45) is 5.16 Å². The number of nitrogens with zero attached hydrogens (tertiary/aromatic N) is 1. The maximum Gasteiger partial charge on any atom is 0.339 e. The maximum atomic E-state index is 12.6. The Kier molecular flexibility index (Phi) is 5.78. The molecule has 146 valence electrons. The first kappa shape index (κ1) is 19.2. The third-order valence-electron chi connectivity index (χ3n) is 4.27. The second-order valence-electron chi connectivity index (χ2n) is 5.90. The van der Waals surface area contributed by atoms with E-state index in [0.29, 0.717) is 28.5 Å². The summed E-state index contributed by atoms with van der Waals surface area (Å²) in [6.45, 7) is 0. The van der Waals surface area contributed by atoms with E-state index in [0.717, 1.165) is 0 Å². The predicted molar refractivity (Wildman–Crippen MR) is 102 cm³/mol. The van der Waals surface area contributed by atoms with E-state index in [4.69, 9.17) is 19.0 Å². The van der Waals surface area contributed by atoms with Gasteiger partial charge in [0, 0.05) is 12.0 Å². The number of methoxy groups -OCH3 is 3. The normalized spacial score (nSPS) is 15.2. The van der Waals surface area contributed by atoms with Crippen molar-refractivity contribution in [2.45, 2.75) is 12.5 Å². The molecule has 0 radical (unpaired) electrons. The molecule has 2 aromatic carbocycles. The van der Waals surface area contributed by atoms with Gasteiger partial charge in [0.05, 0.1) is 38.3 Å². The third kappa shape index (κ3) is 3.75. The summed E-state index contributed by atoms with van der Waals surface area (Å²) in [6, 6.07) is 12.0. The Hall–Kier alpha value is -3.55. The summed E-state index contributed by atoms with van der Waals surface area (Å²) in [5.41, 5.74) is 1.85. The monoisotopic (exact) mass is 384 g/mol. The van der Waals surface area contributed by atoms with Crippen LogP contribution in [0, 0.1) is 0 Å². The minimum atomic E-state index is -0.836. The molecule has 0 saturated heterocycles. The highest BCUT2D eigenvalue weighted by Crippen LogP contribution is 2.33. The minimum Gasteiger partial charge on any atom is -0.493 e. The molecule has 1 aliphatic rings. The number of hydrogen-bond donors (Lipinski definition) is 1. The summed E-state index contributed by atoms with van der Waals surface area (Å²) in [6.07, 6.45) is -0.591. The van der Waals surface area contributed by atoms with Crippen LogP contribution < -0.4 is 14.8 Å². The average Bonchev–Trinajstić information content (AvgIpc) is 3.23. The van der Waals surface area contributed by atoms with E-state index >= 15 is 0 Å². The molecule has 0 unspecified atom stereocenters. The van der Waals surface area contributed by atoms with Crippen molar-refractivity contribution in [1.29, 1.82) is 0 Å². The molecular weight excluding hydrogens is 364 g/mol.